The summed E-state index contributed by atoms with van der Waals surface area (Å²) in [5.41, 5.74) is 0. The summed E-state index contributed by atoms with van der Waals surface area (Å²) >= 11 is 0. The molecule has 0 radical (unpaired) electrons. The standard InChI is InChI=1S/C66H129NO4/c1-3-5-7-9-11-13-15-17-19-21-23-25-26-27-28-29-30-31-32-33-34-35-36-37-38-39-41-43-45-47-49-51-53-55-57-59-61-65(70)66(71)67-63(62-68)64(69)60-58-56-54-52-50-48-46-44-42-40-24-22-20-18-16-14-12-10-8-6-4-2/h31-32,58,60,63-65,68-70H,3-30,33-57,59,61-62H2,1-2H3,(H,67,71)/b32-31-,60-58+. The lowest BCUT2D eigenvalue weighted by Gasteiger charge is -2.21. The van der Waals surface area contributed by atoms with E-state index >= 15 is 0 Å². The predicted octanol–water partition coefficient (Wildman–Crippen LogP) is 20.8. The number of rotatable bonds is 61. The van der Waals surface area contributed by atoms with E-state index in [1.807, 2.05) is 6.08 Å². The van der Waals surface area contributed by atoms with Crippen LogP contribution < -0.4 is 5.32 Å². The van der Waals surface area contributed by atoms with E-state index in [1.54, 1.807) is 6.08 Å². The molecule has 1 amide bonds. The van der Waals surface area contributed by atoms with Gasteiger partial charge in [-0.15, -0.1) is 0 Å². The van der Waals surface area contributed by atoms with Crippen molar-refractivity contribution in [2.45, 2.75) is 385 Å². The maximum absolute atomic E-state index is 12.6. The molecule has 422 valence electrons. The van der Waals surface area contributed by atoms with Gasteiger partial charge in [0.2, 0.25) is 5.91 Å². The van der Waals surface area contributed by atoms with Crippen LogP contribution in [-0.2, 0) is 4.79 Å². The molecular formula is C66H129NO4. The highest BCUT2D eigenvalue weighted by Crippen LogP contribution is 2.19. The number of nitrogens with one attached hydrogen (secondary N) is 1. The molecule has 0 spiro atoms. The highest BCUT2D eigenvalue weighted by molar-refractivity contribution is 5.80. The second kappa shape index (κ2) is 61.4. The zero-order valence-electron chi connectivity index (χ0n) is 48.4. The number of carbonyl (C=O) groups is 1. The molecule has 5 heteroatoms. The zero-order chi connectivity index (χ0) is 51.4. The van der Waals surface area contributed by atoms with Crippen molar-refractivity contribution in [1.29, 1.82) is 0 Å². The third-order valence-corrected chi connectivity index (χ3v) is 15.5. The Bertz CT molecular complexity index is 1060. The summed E-state index contributed by atoms with van der Waals surface area (Å²) in [5.74, 6) is -0.496. The first kappa shape index (κ1) is 69.8. The molecule has 0 aromatic carbocycles. The number of carbonyl (C=O) groups excluding carboxylic acids is 1. The van der Waals surface area contributed by atoms with E-state index in [1.165, 1.54) is 315 Å². The van der Waals surface area contributed by atoms with E-state index in [-0.39, 0.29) is 6.61 Å². The number of amides is 1. The van der Waals surface area contributed by atoms with Gasteiger partial charge in [0.05, 0.1) is 18.8 Å². The molecule has 0 heterocycles. The molecule has 0 rings (SSSR count). The highest BCUT2D eigenvalue weighted by Gasteiger charge is 2.22. The van der Waals surface area contributed by atoms with E-state index in [9.17, 15) is 20.1 Å². The van der Waals surface area contributed by atoms with Gasteiger partial charge < -0.3 is 20.6 Å². The van der Waals surface area contributed by atoms with Crippen LogP contribution in [0.2, 0.25) is 0 Å². The lowest BCUT2D eigenvalue weighted by Crippen LogP contribution is -2.48. The van der Waals surface area contributed by atoms with Crippen LogP contribution in [-0.4, -0.2) is 46.1 Å². The molecule has 0 aromatic heterocycles. The zero-order valence-corrected chi connectivity index (χ0v) is 48.4. The van der Waals surface area contributed by atoms with E-state index in [4.69, 9.17) is 0 Å². The first-order valence-corrected chi connectivity index (χ1v) is 32.7. The van der Waals surface area contributed by atoms with Crippen molar-refractivity contribution in [3.63, 3.8) is 0 Å². The summed E-state index contributed by atoms with van der Waals surface area (Å²) in [5, 5.41) is 33.5. The number of hydrogen-bond acceptors (Lipinski definition) is 4. The van der Waals surface area contributed by atoms with Crippen molar-refractivity contribution in [2.24, 2.45) is 0 Å². The van der Waals surface area contributed by atoms with Gasteiger partial charge >= 0.3 is 0 Å². The molecule has 0 bridgehead atoms. The van der Waals surface area contributed by atoms with Crippen molar-refractivity contribution in [1.82, 2.24) is 5.32 Å². The maximum Gasteiger partial charge on any atom is 0.249 e. The van der Waals surface area contributed by atoms with Crippen LogP contribution in [0, 0.1) is 0 Å². The van der Waals surface area contributed by atoms with Crippen LogP contribution in [0.3, 0.4) is 0 Å². The largest absolute Gasteiger partial charge is 0.394 e. The minimum Gasteiger partial charge on any atom is -0.394 e. The Labute approximate surface area is 445 Å². The third-order valence-electron chi connectivity index (χ3n) is 15.5. The fourth-order valence-electron chi connectivity index (χ4n) is 10.5. The molecule has 3 atom stereocenters. The van der Waals surface area contributed by atoms with Crippen LogP contribution >= 0.6 is 0 Å². The van der Waals surface area contributed by atoms with E-state index in [0.717, 1.165) is 32.1 Å². The molecule has 0 aliphatic rings. The second-order valence-electron chi connectivity index (χ2n) is 22.7. The van der Waals surface area contributed by atoms with Crippen molar-refractivity contribution in [3.8, 4) is 0 Å². The lowest BCUT2D eigenvalue weighted by molar-refractivity contribution is -0.131. The molecule has 0 saturated heterocycles. The Morgan fingerprint density at radius 1 is 0.338 bits per heavy atom. The fraction of sp³-hybridized carbons (Fsp3) is 0.924. The van der Waals surface area contributed by atoms with Gasteiger partial charge in [-0.1, -0.05) is 346 Å². The van der Waals surface area contributed by atoms with Crippen molar-refractivity contribution < 1.29 is 20.1 Å². The molecule has 0 aliphatic heterocycles. The molecule has 0 aliphatic carbocycles. The Balaban J connectivity index is 3.48. The van der Waals surface area contributed by atoms with Gasteiger partial charge in [0.25, 0.3) is 0 Å². The smallest absolute Gasteiger partial charge is 0.249 e. The van der Waals surface area contributed by atoms with Gasteiger partial charge in [-0.25, -0.2) is 0 Å². The van der Waals surface area contributed by atoms with Gasteiger partial charge in [0.15, 0.2) is 0 Å². The van der Waals surface area contributed by atoms with Gasteiger partial charge in [-0.3, -0.25) is 4.79 Å². The normalized spacial score (nSPS) is 13.3. The van der Waals surface area contributed by atoms with Crippen molar-refractivity contribution >= 4 is 5.91 Å². The summed E-state index contributed by atoms with van der Waals surface area (Å²) < 4.78 is 0. The maximum atomic E-state index is 12.6. The molecule has 71 heavy (non-hydrogen) atoms. The lowest BCUT2D eigenvalue weighted by atomic mass is 10.0. The first-order valence-electron chi connectivity index (χ1n) is 32.7. The summed E-state index contributed by atoms with van der Waals surface area (Å²) in [6.45, 7) is 4.23. The molecule has 0 aromatic rings. The van der Waals surface area contributed by atoms with Crippen LogP contribution in [0.25, 0.3) is 0 Å². The average molecular weight is 1000 g/mol. The van der Waals surface area contributed by atoms with Crippen molar-refractivity contribution in [2.75, 3.05) is 6.61 Å². The SMILES string of the molecule is CCCCCCCCCCCCCCCCCC/C=C\CCCCCCCCCCCCCCCCCCC(O)C(=O)NC(CO)C(O)/C=C/CCCCCCCCCCCCCCCCCCCCC. The molecule has 3 unspecified atom stereocenters. The molecule has 0 fully saturated rings. The minimum atomic E-state index is -1.10. The van der Waals surface area contributed by atoms with E-state index in [2.05, 4.69) is 31.3 Å². The molecule has 5 nitrogen and oxygen atoms in total. The summed E-state index contributed by atoms with van der Waals surface area (Å²) in [4.78, 5) is 12.6. The number of hydrogen-bond donors (Lipinski definition) is 4. The number of aliphatic hydroxyl groups is 3. The number of aliphatic hydroxyl groups excluding tert-OH is 3. The Morgan fingerprint density at radius 2 is 0.563 bits per heavy atom. The Hall–Kier alpha value is -1.17. The minimum absolute atomic E-state index is 0.360. The van der Waals surface area contributed by atoms with E-state index < -0.39 is 24.2 Å². The number of unbranched alkanes of at least 4 members (excludes halogenated alkanes) is 51. The monoisotopic (exact) mass is 1000 g/mol. The molecule has 0 saturated carbocycles. The van der Waals surface area contributed by atoms with Crippen LogP contribution in [0.15, 0.2) is 24.3 Å². The third kappa shape index (κ3) is 56.4. The molecular weight excluding hydrogens is 871 g/mol. The first-order chi connectivity index (χ1) is 35.1. The highest BCUT2D eigenvalue weighted by atomic mass is 16.3. The summed E-state index contributed by atoms with van der Waals surface area (Å²) in [7, 11) is 0. The average Bonchev–Trinajstić information content (AvgIpc) is 3.38. The van der Waals surface area contributed by atoms with Crippen molar-refractivity contribution in [3.05, 3.63) is 24.3 Å². The fourth-order valence-corrected chi connectivity index (χ4v) is 10.5. The Kier molecular flexibility index (Phi) is 60.4. The van der Waals surface area contributed by atoms with Gasteiger partial charge in [0, 0.05) is 0 Å². The second-order valence-corrected chi connectivity index (χ2v) is 22.7. The summed E-state index contributed by atoms with van der Waals surface area (Å²) in [6, 6.07) is -0.797. The van der Waals surface area contributed by atoms with Crippen LogP contribution in [0.4, 0.5) is 0 Å². The van der Waals surface area contributed by atoms with Gasteiger partial charge in [0.1, 0.15) is 6.10 Å². The van der Waals surface area contributed by atoms with E-state index in [0.29, 0.717) is 6.42 Å². The topological polar surface area (TPSA) is 89.8 Å². The van der Waals surface area contributed by atoms with Gasteiger partial charge in [-0.05, 0) is 44.9 Å². The Morgan fingerprint density at radius 3 is 0.817 bits per heavy atom. The van der Waals surface area contributed by atoms with Crippen LogP contribution in [0.5, 0.6) is 0 Å². The predicted molar refractivity (Wildman–Crippen MR) is 315 cm³/mol. The summed E-state index contributed by atoms with van der Waals surface area (Å²) in [6.07, 6.45) is 80.2. The molecule has 4 N–H and O–H groups in total. The number of allylic oxidation sites excluding steroid dienone is 3. The van der Waals surface area contributed by atoms with Crippen LogP contribution in [0.1, 0.15) is 367 Å². The quantitative estimate of drug-likeness (QED) is 0.0361. The van der Waals surface area contributed by atoms with Gasteiger partial charge in [-0.2, -0.15) is 0 Å².